The molecule has 6 nitrogen and oxygen atoms in total. The van der Waals surface area contributed by atoms with Gasteiger partial charge in [0.25, 0.3) is 11.7 Å². The Morgan fingerprint density at radius 1 is 1.09 bits per heavy atom. The summed E-state index contributed by atoms with van der Waals surface area (Å²) in [4.78, 5) is 30.6. The Labute approximate surface area is 210 Å². The van der Waals surface area contributed by atoms with Gasteiger partial charge in [-0.05, 0) is 74.8 Å². The predicted molar refractivity (Wildman–Crippen MR) is 138 cm³/mol. The maximum Gasteiger partial charge on any atom is 0.295 e. The van der Waals surface area contributed by atoms with Gasteiger partial charge in [0, 0.05) is 17.0 Å². The Morgan fingerprint density at radius 2 is 1.86 bits per heavy atom. The lowest BCUT2D eigenvalue weighted by Crippen LogP contribution is -2.32. The lowest BCUT2D eigenvalue weighted by molar-refractivity contribution is -0.139. The molecule has 1 fully saturated rings. The molecule has 1 saturated heterocycles. The van der Waals surface area contributed by atoms with E-state index in [2.05, 4.69) is 0 Å². The van der Waals surface area contributed by atoms with E-state index in [1.165, 1.54) is 11.3 Å². The number of aryl methyl sites for hydroxylation is 1. The number of hydrogen-bond donors (Lipinski definition) is 1. The SMILES string of the molecule is Cc1cc(/C(O)=C2\C(=O)C(=O)N(CCCN(C)C)[C@@H]2c2cccs2)ccc1OCc1ccccc1. The van der Waals surface area contributed by atoms with Crippen LogP contribution in [-0.2, 0) is 16.2 Å². The molecule has 4 rings (SSSR count). The van der Waals surface area contributed by atoms with E-state index in [4.69, 9.17) is 4.74 Å². The van der Waals surface area contributed by atoms with Gasteiger partial charge >= 0.3 is 0 Å². The summed E-state index contributed by atoms with van der Waals surface area (Å²) in [6.07, 6.45) is 0.731. The third-order valence-corrected chi connectivity index (χ3v) is 6.97. The summed E-state index contributed by atoms with van der Waals surface area (Å²) >= 11 is 1.47. The van der Waals surface area contributed by atoms with Crippen molar-refractivity contribution in [2.75, 3.05) is 27.2 Å². The van der Waals surface area contributed by atoms with Crippen molar-refractivity contribution >= 4 is 28.8 Å². The molecule has 1 atom stereocenters. The minimum atomic E-state index is -0.646. The Hall–Kier alpha value is -3.42. The van der Waals surface area contributed by atoms with Crippen molar-refractivity contribution in [3.63, 3.8) is 0 Å². The number of ether oxygens (including phenoxy) is 1. The molecule has 3 aromatic rings. The second kappa shape index (κ2) is 10.9. The molecule has 7 heteroatoms. The molecule has 0 spiro atoms. The molecule has 0 radical (unpaired) electrons. The van der Waals surface area contributed by atoms with E-state index in [9.17, 15) is 14.7 Å². The van der Waals surface area contributed by atoms with Gasteiger partial charge < -0.3 is 19.6 Å². The summed E-state index contributed by atoms with van der Waals surface area (Å²) in [5.41, 5.74) is 2.52. The van der Waals surface area contributed by atoms with Gasteiger partial charge in [0.2, 0.25) is 0 Å². The zero-order valence-corrected chi connectivity index (χ0v) is 21.0. The molecule has 0 unspecified atom stereocenters. The van der Waals surface area contributed by atoms with Gasteiger partial charge in [0.05, 0.1) is 11.6 Å². The summed E-state index contributed by atoms with van der Waals surface area (Å²) in [6.45, 7) is 3.56. The van der Waals surface area contributed by atoms with Crippen molar-refractivity contribution in [1.29, 1.82) is 0 Å². The third kappa shape index (κ3) is 5.47. The number of aliphatic hydroxyl groups excluding tert-OH is 1. The molecule has 0 bridgehead atoms. The number of ketones is 1. The van der Waals surface area contributed by atoms with Crippen LogP contribution in [0.4, 0.5) is 0 Å². The van der Waals surface area contributed by atoms with E-state index >= 15 is 0 Å². The molecule has 1 aromatic heterocycles. The number of carbonyl (C=O) groups excluding carboxylic acids is 2. The fraction of sp³-hybridized carbons (Fsp3) is 0.286. The molecule has 2 heterocycles. The van der Waals surface area contributed by atoms with Gasteiger partial charge in [-0.3, -0.25) is 9.59 Å². The summed E-state index contributed by atoms with van der Waals surface area (Å²) in [7, 11) is 3.95. The molecule has 1 aliphatic heterocycles. The van der Waals surface area contributed by atoms with Crippen LogP contribution in [0.3, 0.4) is 0 Å². The zero-order chi connectivity index (χ0) is 24.9. The maximum absolute atomic E-state index is 13.1. The van der Waals surface area contributed by atoms with Gasteiger partial charge in [-0.1, -0.05) is 36.4 Å². The quantitative estimate of drug-likeness (QED) is 0.259. The van der Waals surface area contributed by atoms with Crippen molar-refractivity contribution < 1.29 is 19.4 Å². The number of benzene rings is 2. The molecule has 1 amide bonds. The molecular formula is C28H30N2O4S. The molecule has 2 aromatic carbocycles. The molecule has 1 N–H and O–H groups in total. The highest BCUT2D eigenvalue weighted by atomic mass is 32.1. The Kier molecular flexibility index (Phi) is 7.68. The van der Waals surface area contributed by atoms with Crippen LogP contribution in [0.2, 0.25) is 0 Å². The van der Waals surface area contributed by atoms with E-state index in [0.29, 0.717) is 24.5 Å². The molecule has 0 saturated carbocycles. The highest BCUT2D eigenvalue weighted by Crippen LogP contribution is 2.41. The number of Topliss-reactive ketones (excluding diaryl/α,β-unsaturated/α-hetero) is 1. The van der Waals surface area contributed by atoms with E-state index < -0.39 is 17.7 Å². The van der Waals surface area contributed by atoms with Gasteiger partial charge in [-0.15, -0.1) is 11.3 Å². The smallest absolute Gasteiger partial charge is 0.295 e. The van der Waals surface area contributed by atoms with Crippen LogP contribution in [0.15, 0.2) is 71.6 Å². The van der Waals surface area contributed by atoms with E-state index in [1.54, 1.807) is 23.1 Å². The van der Waals surface area contributed by atoms with Crippen molar-refractivity contribution in [1.82, 2.24) is 9.80 Å². The lowest BCUT2D eigenvalue weighted by atomic mass is 9.98. The Morgan fingerprint density at radius 3 is 2.51 bits per heavy atom. The van der Waals surface area contributed by atoms with Crippen LogP contribution >= 0.6 is 11.3 Å². The first kappa shape index (κ1) is 24.7. The highest BCUT2D eigenvalue weighted by Gasteiger charge is 2.46. The van der Waals surface area contributed by atoms with Crippen LogP contribution < -0.4 is 4.74 Å². The average Bonchev–Trinajstić information content (AvgIpc) is 3.46. The number of amides is 1. The minimum Gasteiger partial charge on any atom is -0.507 e. The highest BCUT2D eigenvalue weighted by molar-refractivity contribution is 7.10. The molecule has 0 aliphatic carbocycles. The monoisotopic (exact) mass is 490 g/mol. The molecular weight excluding hydrogens is 460 g/mol. The second-order valence-corrected chi connectivity index (χ2v) is 9.90. The van der Waals surface area contributed by atoms with Crippen molar-refractivity contribution in [3.05, 3.63) is 93.2 Å². The van der Waals surface area contributed by atoms with E-state index in [0.717, 1.165) is 29.0 Å². The van der Waals surface area contributed by atoms with Gasteiger partial charge in [-0.25, -0.2) is 0 Å². The van der Waals surface area contributed by atoms with Crippen LogP contribution in [0.25, 0.3) is 5.76 Å². The molecule has 1 aliphatic rings. The zero-order valence-electron chi connectivity index (χ0n) is 20.2. The van der Waals surface area contributed by atoms with Gasteiger partial charge in [0.1, 0.15) is 18.1 Å². The molecule has 35 heavy (non-hydrogen) atoms. The summed E-state index contributed by atoms with van der Waals surface area (Å²) in [6, 6.07) is 18.4. The first-order valence-corrected chi connectivity index (χ1v) is 12.5. The van der Waals surface area contributed by atoms with Crippen molar-refractivity contribution in [3.8, 4) is 5.75 Å². The minimum absolute atomic E-state index is 0.139. The average molecular weight is 491 g/mol. The van der Waals surface area contributed by atoms with Crippen LogP contribution in [0, 0.1) is 6.92 Å². The fourth-order valence-corrected chi connectivity index (χ4v) is 5.11. The Bertz CT molecular complexity index is 1220. The normalized spacial score (nSPS) is 17.4. The number of rotatable bonds is 9. The number of likely N-dealkylation sites (tertiary alicyclic amines) is 1. The van der Waals surface area contributed by atoms with E-state index in [-0.39, 0.29) is 11.3 Å². The summed E-state index contributed by atoms with van der Waals surface area (Å²) in [5, 5.41) is 13.2. The fourth-order valence-electron chi connectivity index (χ4n) is 4.26. The third-order valence-electron chi connectivity index (χ3n) is 6.04. The van der Waals surface area contributed by atoms with E-state index in [1.807, 2.05) is 73.8 Å². The van der Waals surface area contributed by atoms with Gasteiger partial charge in [-0.2, -0.15) is 0 Å². The summed E-state index contributed by atoms with van der Waals surface area (Å²) < 4.78 is 5.95. The summed E-state index contributed by atoms with van der Waals surface area (Å²) in [5.74, 6) is -0.671. The standard InChI is InChI=1S/C28H30N2O4S/c1-19-17-21(12-13-22(19)34-18-20-9-5-4-6-10-20)26(31)24-25(23-11-7-16-35-23)30(28(33)27(24)32)15-8-14-29(2)3/h4-7,9-13,16-17,25,31H,8,14-15,18H2,1-3H3/b26-24+/t25-/m1/s1. The number of thiophene rings is 1. The van der Waals surface area contributed by atoms with Crippen LogP contribution in [-0.4, -0.2) is 53.8 Å². The number of aliphatic hydroxyl groups is 1. The van der Waals surface area contributed by atoms with Crippen LogP contribution in [0.1, 0.15) is 34.0 Å². The lowest BCUT2D eigenvalue weighted by Gasteiger charge is -2.24. The largest absolute Gasteiger partial charge is 0.507 e. The van der Waals surface area contributed by atoms with Crippen molar-refractivity contribution in [2.45, 2.75) is 26.0 Å². The maximum atomic E-state index is 13.1. The van der Waals surface area contributed by atoms with Gasteiger partial charge in [0.15, 0.2) is 0 Å². The van der Waals surface area contributed by atoms with Crippen LogP contribution in [0.5, 0.6) is 5.75 Å². The first-order chi connectivity index (χ1) is 16.9. The topological polar surface area (TPSA) is 70.1 Å². The predicted octanol–water partition coefficient (Wildman–Crippen LogP) is 5.01. The second-order valence-electron chi connectivity index (χ2n) is 8.92. The number of nitrogens with zero attached hydrogens (tertiary/aromatic N) is 2. The number of carbonyl (C=O) groups is 2. The number of hydrogen-bond acceptors (Lipinski definition) is 6. The first-order valence-electron chi connectivity index (χ1n) is 11.6. The Balaban J connectivity index is 1.63. The van der Waals surface area contributed by atoms with Crippen molar-refractivity contribution in [2.24, 2.45) is 0 Å². The molecule has 182 valence electrons.